The molecule has 0 saturated heterocycles. The zero-order chi connectivity index (χ0) is 10.7. The van der Waals surface area contributed by atoms with Crippen LogP contribution in [-0.4, -0.2) is 10.9 Å². The average molecular weight is 204 g/mol. The largest absolute Gasteiger partial charge is 0.366 e. The highest BCUT2D eigenvalue weighted by atomic mass is 16.1. The summed E-state index contributed by atoms with van der Waals surface area (Å²) in [5, 5.41) is 0. The molecule has 2 N–H and O–H groups in total. The summed E-state index contributed by atoms with van der Waals surface area (Å²) in [7, 11) is 0. The SMILES string of the molecule is NC(=O)c1ccnc(C2CCCCC2)c1. The first-order valence-electron chi connectivity index (χ1n) is 5.53. The molecule has 1 saturated carbocycles. The summed E-state index contributed by atoms with van der Waals surface area (Å²) >= 11 is 0. The Morgan fingerprint density at radius 3 is 2.73 bits per heavy atom. The summed E-state index contributed by atoms with van der Waals surface area (Å²) in [6.07, 6.45) is 7.93. The van der Waals surface area contributed by atoms with Crippen molar-refractivity contribution in [3.05, 3.63) is 29.6 Å². The smallest absolute Gasteiger partial charge is 0.248 e. The number of pyridine rings is 1. The molecule has 3 heteroatoms. The van der Waals surface area contributed by atoms with Gasteiger partial charge in [0, 0.05) is 23.4 Å². The number of primary amides is 1. The fourth-order valence-electron chi connectivity index (χ4n) is 2.22. The molecule has 3 nitrogen and oxygen atoms in total. The lowest BCUT2D eigenvalue weighted by Gasteiger charge is -2.21. The fraction of sp³-hybridized carbons (Fsp3) is 0.500. The molecule has 1 amide bonds. The van der Waals surface area contributed by atoms with Gasteiger partial charge in [0.05, 0.1) is 0 Å². The number of hydrogen-bond donors (Lipinski definition) is 1. The molecule has 2 rings (SSSR count). The molecule has 0 aromatic carbocycles. The highest BCUT2D eigenvalue weighted by Crippen LogP contribution is 2.31. The molecule has 0 aliphatic heterocycles. The van der Waals surface area contributed by atoms with Crippen molar-refractivity contribution in [1.29, 1.82) is 0 Å². The van der Waals surface area contributed by atoms with Gasteiger partial charge in [-0.2, -0.15) is 0 Å². The van der Waals surface area contributed by atoms with Gasteiger partial charge >= 0.3 is 0 Å². The predicted octanol–water partition coefficient (Wildman–Crippen LogP) is 2.23. The molecule has 1 aliphatic carbocycles. The molecule has 80 valence electrons. The van der Waals surface area contributed by atoms with E-state index in [4.69, 9.17) is 5.73 Å². The minimum absolute atomic E-state index is 0.366. The maximum Gasteiger partial charge on any atom is 0.248 e. The summed E-state index contributed by atoms with van der Waals surface area (Å²) in [5.74, 6) is 0.160. The predicted molar refractivity (Wildman–Crippen MR) is 58.6 cm³/mol. The molecule has 1 aliphatic rings. The Morgan fingerprint density at radius 2 is 2.07 bits per heavy atom. The highest BCUT2D eigenvalue weighted by Gasteiger charge is 2.17. The van der Waals surface area contributed by atoms with Crippen LogP contribution in [0.4, 0.5) is 0 Å². The second-order valence-electron chi connectivity index (χ2n) is 4.17. The number of carbonyl (C=O) groups is 1. The first-order valence-corrected chi connectivity index (χ1v) is 5.53. The summed E-state index contributed by atoms with van der Waals surface area (Å²) in [6, 6.07) is 3.52. The van der Waals surface area contributed by atoms with E-state index in [1.807, 2.05) is 6.07 Å². The number of aromatic nitrogens is 1. The third-order valence-corrected chi connectivity index (χ3v) is 3.09. The van der Waals surface area contributed by atoms with Crippen molar-refractivity contribution in [3.8, 4) is 0 Å². The molecule has 0 unspecified atom stereocenters. The Labute approximate surface area is 89.7 Å². The zero-order valence-electron chi connectivity index (χ0n) is 8.78. The van der Waals surface area contributed by atoms with E-state index in [1.54, 1.807) is 12.3 Å². The van der Waals surface area contributed by atoms with Gasteiger partial charge in [0.2, 0.25) is 5.91 Å². The van der Waals surface area contributed by atoms with Crippen molar-refractivity contribution in [2.24, 2.45) is 5.73 Å². The molecular formula is C12H16N2O. The van der Waals surface area contributed by atoms with Crippen LogP contribution in [0.2, 0.25) is 0 Å². The minimum atomic E-state index is -0.366. The van der Waals surface area contributed by atoms with Crippen molar-refractivity contribution < 1.29 is 4.79 Å². The summed E-state index contributed by atoms with van der Waals surface area (Å²) < 4.78 is 0. The summed E-state index contributed by atoms with van der Waals surface area (Å²) in [5.41, 5.74) is 6.85. The van der Waals surface area contributed by atoms with Gasteiger partial charge in [0.15, 0.2) is 0 Å². The van der Waals surface area contributed by atoms with Gasteiger partial charge in [-0.3, -0.25) is 9.78 Å². The molecule has 1 fully saturated rings. The van der Waals surface area contributed by atoms with Crippen LogP contribution in [0.1, 0.15) is 54.1 Å². The van der Waals surface area contributed by atoms with Gasteiger partial charge in [-0.05, 0) is 25.0 Å². The molecule has 15 heavy (non-hydrogen) atoms. The molecule has 0 spiro atoms. The summed E-state index contributed by atoms with van der Waals surface area (Å²) in [4.78, 5) is 15.4. The van der Waals surface area contributed by atoms with Crippen molar-refractivity contribution in [2.75, 3.05) is 0 Å². The topological polar surface area (TPSA) is 56.0 Å². The quantitative estimate of drug-likeness (QED) is 0.803. The van der Waals surface area contributed by atoms with Crippen molar-refractivity contribution >= 4 is 5.91 Å². The minimum Gasteiger partial charge on any atom is -0.366 e. The van der Waals surface area contributed by atoms with Gasteiger partial charge in [0.25, 0.3) is 0 Å². The molecule has 0 bridgehead atoms. The van der Waals surface area contributed by atoms with Gasteiger partial charge in [0.1, 0.15) is 0 Å². The van der Waals surface area contributed by atoms with Crippen LogP contribution in [0, 0.1) is 0 Å². The van der Waals surface area contributed by atoms with Crippen molar-refractivity contribution in [2.45, 2.75) is 38.0 Å². The van der Waals surface area contributed by atoms with Crippen molar-refractivity contribution in [3.63, 3.8) is 0 Å². The lowest BCUT2D eigenvalue weighted by Crippen LogP contribution is -2.13. The van der Waals surface area contributed by atoms with Crippen LogP contribution in [0.3, 0.4) is 0 Å². The Hall–Kier alpha value is -1.38. The Kier molecular flexibility index (Phi) is 2.99. The first kappa shape index (κ1) is 10.1. The normalized spacial score (nSPS) is 17.6. The second kappa shape index (κ2) is 4.43. The van der Waals surface area contributed by atoms with Crippen molar-refractivity contribution in [1.82, 2.24) is 4.98 Å². The van der Waals surface area contributed by atoms with Crippen LogP contribution in [0.25, 0.3) is 0 Å². The van der Waals surface area contributed by atoms with E-state index < -0.39 is 0 Å². The van der Waals surface area contributed by atoms with Gasteiger partial charge in [-0.25, -0.2) is 0 Å². The maximum atomic E-state index is 11.0. The number of hydrogen-bond acceptors (Lipinski definition) is 2. The Balaban J connectivity index is 2.19. The number of nitrogens with zero attached hydrogens (tertiary/aromatic N) is 1. The van der Waals surface area contributed by atoms with Crippen LogP contribution in [-0.2, 0) is 0 Å². The molecular weight excluding hydrogens is 188 g/mol. The third-order valence-electron chi connectivity index (χ3n) is 3.09. The lowest BCUT2D eigenvalue weighted by atomic mass is 9.86. The van der Waals surface area contributed by atoms with Crippen LogP contribution < -0.4 is 5.73 Å². The van der Waals surface area contributed by atoms with E-state index in [9.17, 15) is 4.79 Å². The van der Waals surface area contributed by atoms with E-state index in [2.05, 4.69) is 4.98 Å². The van der Waals surface area contributed by atoms with Crippen LogP contribution in [0.5, 0.6) is 0 Å². The van der Waals surface area contributed by atoms with Crippen LogP contribution in [0.15, 0.2) is 18.3 Å². The van der Waals surface area contributed by atoms with Gasteiger partial charge in [-0.1, -0.05) is 19.3 Å². The Morgan fingerprint density at radius 1 is 1.33 bits per heavy atom. The van der Waals surface area contributed by atoms with E-state index in [0.29, 0.717) is 11.5 Å². The second-order valence-corrected chi connectivity index (χ2v) is 4.17. The van der Waals surface area contributed by atoms with E-state index in [0.717, 1.165) is 5.69 Å². The van der Waals surface area contributed by atoms with E-state index in [1.165, 1.54) is 32.1 Å². The Bertz CT molecular complexity index is 356. The molecule has 0 radical (unpaired) electrons. The fourth-order valence-corrected chi connectivity index (χ4v) is 2.22. The summed E-state index contributed by atoms with van der Waals surface area (Å²) in [6.45, 7) is 0. The number of nitrogens with two attached hydrogens (primary N) is 1. The molecule has 1 aromatic heterocycles. The molecule has 0 atom stereocenters. The molecule has 1 aromatic rings. The monoisotopic (exact) mass is 204 g/mol. The van der Waals surface area contributed by atoms with E-state index >= 15 is 0 Å². The third kappa shape index (κ3) is 2.35. The number of amides is 1. The first-order chi connectivity index (χ1) is 7.27. The zero-order valence-corrected chi connectivity index (χ0v) is 8.78. The average Bonchev–Trinajstić information content (AvgIpc) is 2.30. The standard InChI is InChI=1S/C12H16N2O/c13-12(15)10-6-7-14-11(8-10)9-4-2-1-3-5-9/h6-9H,1-5H2,(H2,13,15). The van der Waals surface area contributed by atoms with Gasteiger partial charge < -0.3 is 5.73 Å². The number of rotatable bonds is 2. The maximum absolute atomic E-state index is 11.0. The van der Waals surface area contributed by atoms with Crippen LogP contribution >= 0.6 is 0 Å². The highest BCUT2D eigenvalue weighted by molar-refractivity contribution is 5.92. The molecule has 1 heterocycles. The van der Waals surface area contributed by atoms with E-state index in [-0.39, 0.29) is 5.91 Å². The lowest BCUT2D eigenvalue weighted by molar-refractivity contribution is 0.1000. The number of carbonyl (C=O) groups excluding carboxylic acids is 1. The van der Waals surface area contributed by atoms with Gasteiger partial charge in [-0.15, -0.1) is 0 Å².